The molecule has 1 aromatic heterocycles. The van der Waals surface area contributed by atoms with Crippen LogP contribution in [0.25, 0.3) is 0 Å². The molecule has 1 amide bonds. The van der Waals surface area contributed by atoms with Crippen LogP contribution in [-0.4, -0.2) is 36.2 Å². The zero-order valence-electron chi connectivity index (χ0n) is 13.1. The molecule has 0 unspecified atom stereocenters. The molecule has 0 bridgehead atoms. The van der Waals surface area contributed by atoms with Gasteiger partial charge in [0.1, 0.15) is 6.54 Å². The Labute approximate surface area is 133 Å². The topological polar surface area (TPSA) is 82.5 Å². The summed E-state index contributed by atoms with van der Waals surface area (Å²) in [6.07, 6.45) is 3.39. The molecule has 0 aliphatic heterocycles. The molecule has 7 heteroatoms. The normalized spacial score (nSPS) is 10.2. The predicted molar refractivity (Wildman–Crippen MR) is 84.8 cm³/mol. The van der Waals surface area contributed by atoms with Gasteiger partial charge in [0, 0.05) is 18.8 Å². The highest BCUT2D eigenvalue weighted by molar-refractivity contribution is 5.75. The Balaban J connectivity index is 1.86. The van der Waals surface area contributed by atoms with Crippen molar-refractivity contribution < 1.29 is 14.3 Å². The van der Waals surface area contributed by atoms with Gasteiger partial charge in [0.25, 0.3) is 5.56 Å². The lowest BCUT2D eigenvalue weighted by molar-refractivity contribution is -0.121. The van der Waals surface area contributed by atoms with Crippen LogP contribution in [0.3, 0.4) is 0 Å². The number of benzene rings is 1. The Kier molecular flexibility index (Phi) is 5.74. The number of rotatable bonds is 7. The van der Waals surface area contributed by atoms with Gasteiger partial charge in [-0.25, -0.2) is 4.98 Å². The van der Waals surface area contributed by atoms with Crippen molar-refractivity contribution in [2.75, 3.05) is 20.8 Å². The third kappa shape index (κ3) is 4.57. The Bertz CT molecular complexity index is 727. The number of hydrogen-bond acceptors (Lipinski definition) is 5. The molecule has 0 aliphatic rings. The van der Waals surface area contributed by atoms with Crippen LogP contribution in [0.1, 0.15) is 5.56 Å². The number of carbonyl (C=O) groups is 1. The van der Waals surface area contributed by atoms with Gasteiger partial charge >= 0.3 is 0 Å². The monoisotopic (exact) mass is 317 g/mol. The lowest BCUT2D eigenvalue weighted by atomic mass is 10.1. The second kappa shape index (κ2) is 7.98. The van der Waals surface area contributed by atoms with Crippen molar-refractivity contribution in [1.29, 1.82) is 0 Å². The first kappa shape index (κ1) is 16.5. The Hall–Kier alpha value is -2.83. The van der Waals surface area contributed by atoms with E-state index in [2.05, 4.69) is 10.3 Å². The lowest BCUT2D eigenvalue weighted by Gasteiger charge is -2.10. The van der Waals surface area contributed by atoms with Crippen molar-refractivity contribution >= 4 is 5.91 Å². The molecule has 23 heavy (non-hydrogen) atoms. The van der Waals surface area contributed by atoms with E-state index in [0.29, 0.717) is 24.5 Å². The van der Waals surface area contributed by atoms with Crippen molar-refractivity contribution in [3.63, 3.8) is 0 Å². The molecule has 122 valence electrons. The van der Waals surface area contributed by atoms with Crippen molar-refractivity contribution in [3.8, 4) is 11.5 Å². The molecule has 0 atom stereocenters. The molecule has 0 saturated heterocycles. The van der Waals surface area contributed by atoms with Crippen LogP contribution in [0.15, 0.2) is 41.6 Å². The van der Waals surface area contributed by atoms with Gasteiger partial charge in [-0.15, -0.1) is 0 Å². The summed E-state index contributed by atoms with van der Waals surface area (Å²) < 4.78 is 11.7. The summed E-state index contributed by atoms with van der Waals surface area (Å²) >= 11 is 0. The fourth-order valence-corrected chi connectivity index (χ4v) is 2.09. The molecule has 0 radical (unpaired) electrons. The number of carbonyl (C=O) groups excluding carboxylic acids is 1. The molecule has 0 spiro atoms. The van der Waals surface area contributed by atoms with Gasteiger partial charge in [-0.1, -0.05) is 6.07 Å². The molecule has 1 aromatic carbocycles. The minimum Gasteiger partial charge on any atom is -0.493 e. The minimum absolute atomic E-state index is 0.0430. The van der Waals surface area contributed by atoms with Crippen LogP contribution in [0.5, 0.6) is 11.5 Å². The average molecular weight is 317 g/mol. The first-order valence-corrected chi connectivity index (χ1v) is 7.12. The van der Waals surface area contributed by atoms with Gasteiger partial charge in [0.15, 0.2) is 11.5 Å². The molecular weight excluding hydrogens is 298 g/mol. The van der Waals surface area contributed by atoms with Crippen LogP contribution in [0, 0.1) is 0 Å². The molecule has 2 rings (SSSR count). The second-order valence-corrected chi connectivity index (χ2v) is 4.84. The van der Waals surface area contributed by atoms with E-state index in [9.17, 15) is 9.59 Å². The van der Waals surface area contributed by atoms with Crippen LogP contribution >= 0.6 is 0 Å². The van der Waals surface area contributed by atoms with Crippen molar-refractivity contribution in [1.82, 2.24) is 14.9 Å². The highest BCUT2D eigenvalue weighted by atomic mass is 16.5. The maximum atomic E-state index is 11.8. The number of hydrogen-bond donors (Lipinski definition) is 1. The Morgan fingerprint density at radius 1 is 1.22 bits per heavy atom. The number of ether oxygens (including phenoxy) is 2. The van der Waals surface area contributed by atoms with Gasteiger partial charge in [-0.05, 0) is 24.1 Å². The van der Waals surface area contributed by atoms with Crippen molar-refractivity contribution in [2.45, 2.75) is 13.0 Å². The second-order valence-electron chi connectivity index (χ2n) is 4.84. The highest BCUT2D eigenvalue weighted by Crippen LogP contribution is 2.27. The Morgan fingerprint density at radius 2 is 2.00 bits per heavy atom. The number of aromatic nitrogens is 2. The van der Waals surface area contributed by atoms with Gasteiger partial charge in [-0.3, -0.25) is 14.2 Å². The van der Waals surface area contributed by atoms with Crippen molar-refractivity contribution in [3.05, 3.63) is 52.7 Å². The maximum absolute atomic E-state index is 11.8. The van der Waals surface area contributed by atoms with Crippen LogP contribution < -0.4 is 20.3 Å². The summed E-state index contributed by atoms with van der Waals surface area (Å²) in [4.78, 5) is 27.2. The SMILES string of the molecule is COc1ccc(CCNC(=O)Cn2cnccc2=O)cc1OC. The molecule has 0 aliphatic carbocycles. The third-order valence-corrected chi connectivity index (χ3v) is 3.29. The van der Waals surface area contributed by atoms with Crippen LogP contribution in [0.4, 0.5) is 0 Å². The van der Waals surface area contributed by atoms with Gasteiger partial charge in [0.05, 0.1) is 20.5 Å². The summed E-state index contributed by atoms with van der Waals surface area (Å²) in [6.45, 7) is 0.419. The fourth-order valence-electron chi connectivity index (χ4n) is 2.09. The summed E-state index contributed by atoms with van der Waals surface area (Å²) in [6, 6.07) is 6.93. The summed E-state index contributed by atoms with van der Waals surface area (Å²) in [5.41, 5.74) is 0.761. The molecule has 0 fully saturated rings. The zero-order chi connectivity index (χ0) is 16.7. The number of amides is 1. The zero-order valence-corrected chi connectivity index (χ0v) is 13.1. The molecule has 0 saturated carbocycles. The van der Waals surface area contributed by atoms with E-state index in [4.69, 9.17) is 9.47 Å². The van der Waals surface area contributed by atoms with E-state index in [1.54, 1.807) is 14.2 Å². The van der Waals surface area contributed by atoms with E-state index >= 15 is 0 Å². The molecule has 1 N–H and O–H groups in total. The summed E-state index contributed by atoms with van der Waals surface area (Å²) in [7, 11) is 3.16. The predicted octanol–water partition coefficient (Wildman–Crippen LogP) is 0.619. The maximum Gasteiger partial charge on any atom is 0.253 e. The average Bonchev–Trinajstić information content (AvgIpc) is 2.56. The first-order valence-electron chi connectivity index (χ1n) is 7.12. The largest absolute Gasteiger partial charge is 0.493 e. The summed E-state index contributed by atoms with van der Waals surface area (Å²) in [5, 5.41) is 2.77. The molecule has 2 aromatic rings. The molecule has 1 heterocycles. The van der Waals surface area contributed by atoms with Crippen molar-refractivity contribution in [2.24, 2.45) is 0 Å². The van der Waals surface area contributed by atoms with E-state index in [1.165, 1.54) is 23.2 Å². The summed E-state index contributed by atoms with van der Waals surface area (Å²) in [5.74, 6) is 1.08. The van der Waals surface area contributed by atoms with Crippen LogP contribution in [0.2, 0.25) is 0 Å². The number of nitrogens with zero attached hydrogens (tertiary/aromatic N) is 2. The van der Waals surface area contributed by atoms with E-state index in [1.807, 2.05) is 18.2 Å². The lowest BCUT2D eigenvalue weighted by Crippen LogP contribution is -2.33. The van der Waals surface area contributed by atoms with Gasteiger partial charge in [0.2, 0.25) is 5.91 Å². The van der Waals surface area contributed by atoms with E-state index < -0.39 is 0 Å². The number of nitrogens with one attached hydrogen (secondary N) is 1. The number of methoxy groups -OCH3 is 2. The smallest absolute Gasteiger partial charge is 0.253 e. The molecular formula is C16H19N3O4. The Morgan fingerprint density at radius 3 is 2.70 bits per heavy atom. The quantitative estimate of drug-likeness (QED) is 0.809. The minimum atomic E-state index is -0.255. The highest BCUT2D eigenvalue weighted by Gasteiger charge is 2.06. The van der Waals surface area contributed by atoms with E-state index in [0.717, 1.165) is 5.56 Å². The third-order valence-electron chi connectivity index (χ3n) is 3.29. The van der Waals surface area contributed by atoms with E-state index in [-0.39, 0.29) is 18.0 Å². The molecule has 7 nitrogen and oxygen atoms in total. The first-order chi connectivity index (χ1) is 11.1. The van der Waals surface area contributed by atoms with Gasteiger partial charge < -0.3 is 14.8 Å². The standard InChI is InChI=1S/C16H19N3O4/c1-22-13-4-3-12(9-14(13)23-2)5-8-18-15(20)10-19-11-17-7-6-16(19)21/h3-4,6-7,9,11H,5,8,10H2,1-2H3,(H,18,20). The van der Waals surface area contributed by atoms with Crippen LogP contribution in [-0.2, 0) is 17.8 Å². The fraction of sp³-hybridized carbons (Fsp3) is 0.312. The van der Waals surface area contributed by atoms with Gasteiger partial charge in [-0.2, -0.15) is 0 Å².